The molecule has 2 saturated carbocycles. The summed E-state index contributed by atoms with van der Waals surface area (Å²) < 4.78 is 0. The van der Waals surface area contributed by atoms with Gasteiger partial charge in [-0.15, -0.1) is 0 Å². The quantitative estimate of drug-likeness (QED) is 0.459. The van der Waals surface area contributed by atoms with Gasteiger partial charge in [0.25, 0.3) is 0 Å². The molecule has 6 aliphatic carbocycles. The number of hydrogen-bond acceptors (Lipinski definition) is 1. The minimum atomic E-state index is 0.376. The molecule has 1 nitrogen and oxygen atoms in total. The van der Waals surface area contributed by atoms with Crippen LogP contribution in [0.2, 0.25) is 0 Å². The topological polar surface area (TPSA) is 20.2 Å². The molecule has 2 aromatic carbocycles. The van der Waals surface area contributed by atoms with Gasteiger partial charge in [-0.05, 0) is 138 Å². The number of rotatable bonds is 2. The first-order chi connectivity index (χ1) is 17.7. The van der Waals surface area contributed by atoms with Crippen molar-refractivity contribution in [3.8, 4) is 0 Å². The van der Waals surface area contributed by atoms with Gasteiger partial charge in [0.15, 0.2) is 0 Å². The van der Waals surface area contributed by atoms with Crippen molar-refractivity contribution >= 4 is 11.1 Å². The molecule has 0 radical (unpaired) electrons. The number of allylic oxidation sites excluding steroid dienone is 4. The Labute approximate surface area is 217 Å². The van der Waals surface area contributed by atoms with Crippen molar-refractivity contribution in [1.82, 2.24) is 0 Å². The molecular formula is C35H42O. The van der Waals surface area contributed by atoms with Crippen LogP contribution in [0.15, 0.2) is 48.6 Å². The van der Waals surface area contributed by atoms with Crippen LogP contribution >= 0.6 is 0 Å². The number of aliphatic hydroxyl groups is 1. The van der Waals surface area contributed by atoms with Crippen LogP contribution in [0.1, 0.15) is 110 Å². The number of benzene rings is 2. The molecule has 6 atom stereocenters. The van der Waals surface area contributed by atoms with E-state index in [1.807, 2.05) is 0 Å². The highest BCUT2D eigenvalue weighted by Gasteiger charge is 2.39. The highest BCUT2D eigenvalue weighted by molar-refractivity contribution is 5.78. The van der Waals surface area contributed by atoms with E-state index in [0.717, 1.165) is 30.1 Å². The molecule has 36 heavy (non-hydrogen) atoms. The van der Waals surface area contributed by atoms with Crippen molar-refractivity contribution in [2.24, 2.45) is 23.7 Å². The predicted octanol–water partition coefficient (Wildman–Crippen LogP) is 8.46. The van der Waals surface area contributed by atoms with Gasteiger partial charge in [-0.3, -0.25) is 0 Å². The summed E-state index contributed by atoms with van der Waals surface area (Å²) in [6.45, 7) is 2.75. The van der Waals surface area contributed by atoms with Crippen LogP contribution < -0.4 is 0 Å². The van der Waals surface area contributed by atoms with Gasteiger partial charge < -0.3 is 5.11 Å². The lowest BCUT2D eigenvalue weighted by molar-refractivity contribution is 0.150. The molecule has 0 saturated heterocycles. The molecule has 2 aromatic rings. The van der Waals surface area contributed by atoms with Crippen LogP contribution in [-0.2, 0) is 12.8 Å². The molecule has 2 fully saturated rings. The Hall–Kier alpha value is -2.12. The molecule has 0 amide bonds. The Bertz CT molecular complexity index is 1120. The van der Waals surface area contributed by atoms with Crippen molar-refractivity contribution in [2.75, 3.05) is 6.61 Å². The lowest BCUT2D eigenvalue weighted by Crippen LogP contribution is -2.28. The van der Waals surface area contributed by atoms with Crippen molar-refractivity contribution in [2.45, 2.75) is 89.4 Å². The lowest BCUT2D eigenvalue weighted by Gasteiger charge is -2.41. The van der Waals surface area contributed by atoms with Gasteiger partial charge in [-0.25, -0.2) is 0 Å². The Kier molecular flexibility index (Phi) is 5.96. The summed E-state index contributed by atoms with van der Waals surface area (Å²) >= 11 is 0. The fraction of sp³-hybridized carbons (Fsp3) is 0.543. The molecule has 0 bridgehead atoms. The fourth-order valence-corrected chi connectivity index (χ4v) is 9.02. The summed E-state index contributed by atoms with van der Waals surface area (Å²) in [5, 5.41) is 9.44. The molecule has 188 valence electrons. The molecule has 8 rings (SSSR count). The van der Waals surface area contributed by atoms with Crippen molar-refractivity contribution in [3.05, 3.63) is 81.9 Å². The van der Waals surface area contributed by atoms with Gasteiger partial charge in [-0.1, -0.05) is 68.3 Å². The third kappa shape index (κ3) is 3.76. The van der Waals surface area contributed by atoms with Crippen LogP contribution in [0.4, 0.5) is 0 Å². The average molecular weight is 479 g/mol. The fourth-order valence-electron chi connectivity index (χ4n) is 9.02. The first kappa shape index (κ1) is 23.0. The zero-order chi connectivity index (χ0) is 24.2. The molecule has 1 N–H and O–H groups in total. The largest absolute Gasteiger partial charge is 0.396 e. The van der Waals surface area contributed by atoms with Gasteiger partial charge in [0.05, 0.1) is 0 Å². The zero-order valence-corrected chi connectivity index (χ0v) is 22.0. The van der Waals surface area contributed by atoms with E-state index in [1.54, 1.807) is 39.0 Å². The van der Waals surface area contributed by atoms with Gasteiger partial charge >= 0.3 is 0 Å². The predicted molar refractivity (Wildman–Crippen MR) is 150 cm³/mol. The standard InChI is InChI=1S/C18H22.C17H20O/c1-2-12-6-7-14-11-15-9-8-13-4-3-5-16(18(13)15)17(14)10-12;18-10-11-4-5-13-9-14-7-6-12-2-1-3-15(17(12)14)16(13)8-11/h3-5,9,12,14,17H,2,6-8,10-11H2,1H3;1-3,7,11,13,16,18H,4-6,8-10H2/t12-,14+,17-;11-,13+,16-/m00/s1. The summed E-state index contributed by atoms with van der Waals surface area (Å²) in [6, 6.07) is 13.9. The smallest absolute Gasteiger partial charge is 0.0459 e. The van der Waals surface area contributed by atoms with Gasteiger partial charge in [0.2, 0.25) is 0 Å². The maximum Gasteiger partial charge on any atom is 0.0459 e. The van der Waals surface area contributed by atoms with E-state index in [1.165, 1.54) is 69.8 Å². The summed E-state index contributed by atoms with van der Waals surface area (Å²) in [4.78, 5) is 0. The molecule has 0 aromatic heterocycles. The first-order valence-corrected chi connectivity index (χ1v) is 15.0. The lowest BCUT2D eigenvalue weighted by atomic mass is 9.64. The second-order valence-electron chi connectivity index (χ2n) is 12.7. The highest BCUT2D eigenvalue weighted by atomic mass is 16.3. The molecule has 0 spiro atoms. The number of hydrogen-bond donors (Lipinski definition) is 1. The van der Waals surface area contributed by atoms with Crippen molar-refractivity contribution in [1.29, 1.82) is 0 Å². The molecule has 0 heterocycles. The summed E-state index contributed by atoms with van der Waals surface area (Å²) in [5.74, 6) is 4.87. The Morgan fingerprint density at radius 3 is 1.75 bits per heavy atom. The van der Waals surface area contributed by atoms with Crippen LogP contribution in [0.3, 0.4) is 0 Å². The Morgan fingerprint density at radius 2 is 1.22 bits per heavy atom. The second kappa shape index (κ2) is 9.32. The van der Waals surface area contributed by atoms with Gasteiger partial charge in [0.1, 0.15) is 0 Å². The SMILES string of the molecule is CC[C@H]1CC[C@@H]2CC3=CCc4cccc(c43)[C@H]2C1.OC[C@H]1CC[C@@H]2CC3=CCc4cccc(c43)[C@H]2C1. The Morgan fingerprint density at radius 1 is 0.694 bits per heavy atom. The summed E-state index contributed by atoms with van der Waals surface area (Å²) in [7, 11) is 0. The molecule has 0 unspecified atom stereocenters. The van der Waals surface area contributed by atoms with E-state index in [-0.39, 0.29) is 0 Å². The van der Waals surface area contributed by atoms with Crippen LogP contribution in [-0.4, -0.2) is 11.7 Å². The minimum absolute atomic E-state index is 0.376. The van der Waals surface area contributed by atoms with E-state index in [0.29, 0.717) is 18.4 Å². The highest BCUT2D eigenvalue weighted by Crippen LogP contribution is 2.54. The van der Waals surface area contributed by atoms with Gasteiger partial charge in [0, 0.05) is 6.61 Å². The zero-order valence-electron chi connectivity index (χ0n) is 22.0. The monoisotopic (exact) mass is 478 g/mol. The minimum Gasteiger partial charge on any atom is -0.396 e. The number of fused-ring (bicyclic) bond motifs is 4. The van der Waals surface area contributed by atoms with Crippen LogP contribution in [0.5, 0.6) is 0 Å². The molecule has 6 aliphatic rings. The van der Waals surface area contributed by atoms with Crippen molar-refractivity contribution < 1.29 is 5.11 Å². The maximum atomic E-state index is 9.44. The van der Waals surface area contributed by atoms with E-state index >= 15 is 0 Å². The maximum absolute atomic E-state index is 9.44. The summed E-state index contributed by atoms with van der Waals surface area (Å²) in [6.07, 6.45) is 19.4. The summed E-state index contributed by atoms with van der Waals surface area (Å²) in [5.41, 5.74) is 13.0. The number of aliphatic hydroxyl groups excluding tert-OH is 1. The van der Waals surface area contributed by atoms with Gasteiger partial charge in [-0.2, -0.15) is 0 Å². The van der Waals surface area contributed by atoms with Crippen molar-refractivity contribution in [3.63, 3.8) is 0 Å². The van der Waals surface area contributed by atoms with Crippen LogP contribution in [0.25, 0.3) is 11.1 Å². The van der Waals surface area contributed by atoms with E-state index < -0.39 is 0 Å². The van der Waals surface area contributed by atoms with E-state index in [9.17, 15) is 5.11 Å². The van der Waals surface area contributed by atoms with E-state index in [4.69, 9.17) is 0 Å². The van der Waals surface area contributed by atoms with Crippen LogP contribution in [0, 0.1) is 23.7 Å². The third-order valence-corrected chi connectivity index (χ3v) is 10.9. The third-order valence-electron chi connectivity index (χ3n) is 10.9. The molecule has 1 heteroatoms. The van der Waals surface area contributed by atoms with E-state index in [2.05, 4.69) is 55.5 Å². The first-order valence-electron chi connectivity index (χ1n) is 15.0. The normalized spacial score (nSPS) is 32.7. The average Bonchev–Trinajstić information content (AvgIpc) is 3.55. The molecular weight excluding hydrogens is 436 g/mol. The second-order valence-corrected chi connectivity index (χ2v) is 12.7. The molecule has 0 aliphatic heterocycles. The Balaban J connectivity index is 0.000000122.